The molecule has 51 heavy (non-hydrogen) atoms. The van der Waals surface area contributed by atoms with E-state index in [0.29, 0.717) is 61.4 Å². The summed E-state index contributed by atoms with van der Waals surface area (Å²) in [5.41, 5.74) is 6.27. The van der Waals surface area contributed by atoms with E-state index in [4.69, 9.17) is 20.4 Å². The predicted octanol–water partition coefficient (Wildman–Crippen LogP) is 5.02. The molecule has 0 radical (unpaired) electrons. The number of anilines is 2. The molecule has 3 aliphatic heterocycles. The average molecular weight is 730 g/mol. The van der Waals surface area contributed by atoms with Gasteiger partial charge >= 0.3 is 12.2 Å². The van der Waals surface area contributed by atoms with Gasteiger partial charge in [0, 0.05) is 63.1 Å². The number of pyridine rings is 1. The van der Waals surface area contributed by atoms with E-state index >= 15 is 0 Å². The van der Waals surface area contributed by atoms with Crippen molar-refractivity contribution in [1.82, 2.24) is 34.1 Å². The smallest absolute Gasteiger partial charge is 0.418 e. The van der Waals surface area contributed by atoms with E-state index in [1.54, 1.807) is 17.9 Å². The molecule has 274 valence electrons. The van der Waals surface area contributed by atoms with Gasteiger partial charge in [-0.2, -0.15) is 27.5 Å². The molecule has 3 aromatic rings. The normalized spacial score (nSPS) is 25.3. The van der Waals surface area contributed by atoms with Crippen LogP contribution in [0.1, 0.15) is 71.0 Å². The minimum absolute atomic E-state index is 0.0389. The quantitative estimate of drug-likeness (QED) is 0.237. The Hall–Kier alpha value is -3.92. The minimum Gasteiger partial charge on any atom is -0.461 e. The first-order valence-corrected chi connectivity index (χ1v) is 18.2. The van der Waals surface area contributed by atoms with Gasteiger partial charge < -0.3 is 20.3 Å². The third kappa shape index (κ3) is 7.13. The average Bonchev–Trinajstić information content (AvgIpc) is 3.71. The first kappa shape index (κ1) is 35.5. The van der Waals surface area contributed by atoms with Gasteiger partial charge in [-0.3, -0.25) is 9.69 Å². The van der Waals surface area contributed by atoms with Gasteiger partial charge in [0.15, 0.2) is 0 Å². The summed E-state index contributed by atoms with van der Waals surface area (Å²) in [7, 11) is 1.93. The molecule has 6 heterocycles. The third-order valence-corrected chi connectivity index (χ3v) is 11.7. The Kier molecular flexibility index (Phi) is 9.44. The molecule has 3 saturated heterocycles. The molecule has 7 rings (SSSR count). The van der Waals surface area contributed by atoms with Crippen molar-refractivity contribution in [3.63, 3.8) is 0 Å². The lowest BCUT2D eigenvalue weighted by Gasteiger charge is -2.41. The van der Waals surface area contributed by atoms with Crippen LogP contribution >= 0.6 is 11.5 Å². The van der Waals surface area contributed by atoms with Crippen LogP contribution in [0.15, 0.2) is 12.1 Å². The van der Waals surface area contributed by atoms with E-state index < -0.39 is 29.4 Å². The van der Waals surface area contributed by atoms with Gasteiger partial charge in [0.1, 0.15) is 35.2 Å². The number of alkyl halides is 4. The minimum atomic E-state index is -4.60. The van der Waals surface area contributed by atoms with Gasteiger partial charge in [-0.25, -0.2) is 14.4 Å². The van der Waals surface area contributed by atoms with Crippen LogP contribution in [0.4, 0.5) is 29.2 Å². The molecule has 1 amide bonds. The number of amides is 1. The summed E-state index contributed by atoms with van der Waals surface area (Å²) < 4.78 is 68.2. The van der Waals surface area contributed by atoms with Gasteiger partial charge in [0.2, 0.25) is 5.91 Å². The van der Waals surface area contributed by atoms with E-state index in [1.165, 1.54) is 30.6 Å². The molecule has 4 atom stereocenters. The highest BCUT2D eigenvalue weighted by molar-refractivity contribution is 7.06. The maximum Gasteiger partial charge on any atom is 0.418 e. The van der Waals surface area contributed by atoms with E-state index in [9.17, 15) is 22.4 Å². The lowest BCUT2D eigenvalue weighted by molar-refractivity contribution is -0.139. The summed E-state index contributed by atoms with van der Waals surface area (Å²) in [5, 5.41) is 0.676. The third-order valence-electron chi connectivity index (χ3n) is 10.9. The van der Waals surface area contributed by atoms with Crippen LogP contribution in [-0.2, 0) is 23.8 Å². The van der Waals surface area contributed by atoms with Crippen molar-refractivity contribution in [1.29, 1.82) is 0 Å². The predicted molar refractivity (Wildman–Crippen MR) is 185 cm³/mol. The lowest BCUT2D eigenvalue weighted by Crippen LogP contribution is -2.53. The number of halogens is 4. The topological polar surface area (TPSA) is 126 Å². The van der Waals surface area contributed by atoms with Crippen molar-refractivity contribution in [2.24, 2.45) is 11.8 Å². The highest BCUT2D eigenvalue weighted by Gasteiger charge is 2.49. The number of fused-ring (bicyclic) bond motifs is 2. The molecule has 0 bridgehead atoms. The Morgan fingerprint density at radius 3 is 2.69 bits per heavy atom. The molecule has 3 aromatic heterocycles. The zero-order valence-electron chi connectivity index (χ0n) is 29.2. The second-order valence-electron chi connectivity index (χ2n) is 14.7. The number of carbonyl (C=O) groups is 1. The van der Waals surface area contributed by atoms with Crippen molar-refractivity contribution in [2.75, 3.05) is 57.0 Å². The Labute approximate surface area is 298 Å². The van der Waals surface area contributed by atoms with Gasteiger partial charge in [0.25, 0.3) is 0 Å². The Morgan fingerprint density at radius 1 is 1.18 bits per heavy atom. The van der Waals surface area contributed by atoms with Crippen molar-refractivity contribution in [3.05, 3.63) is 51.1 Å². The van der Waals surface area contributed by atoms with E-state index in [1.807, 2.05) is 18.9 Å². The summed E-state index contributed by atoms with van der Waals surface area (Å²) in [4.78, 5) is 36.9. The van der Waals surface area contributed by atoms with E-state index in [2.05, 4.69) is 19.2 Å². The summed E-state index contributed by atoms with van der Waals surface area (Å²) in [6.45, 7) is 8.30. The number of ether oxygens (including phenoxy) is 1. The van der Waals surface area contributed by atoms with E-state index in [0.717, 1.165) is 24.9 Å². The molecule has 3 fully saturated rings. The van der Waals surface area contributed by atoms with Crippen LogP contribution in [0.2, 0.25) is 0 Å². The molecule has 0 saturated carbocycles. The SMILES string of the molecule is Cc1nsc(/C=C/C(=O)N2CC(CN(C)c3nc(OC[C@@]45CCCN4C[C@H](F)C5)nc4c3C[C@H](C)[C@@H](c3nc(N)cc(C)c3C(F)(F)F)C4)C2)n1. The van der Waals surface area contributed by atoms with Crippen molar-refractivity contribution in [2.45, 2.75) is 76.7 Å². The summed E-state index contributed by atoms with van der Waals surface area (Å²) in [5.74, 6) is 0.636. The zero-order chi connectivity index (χ0) is 36.2. The molecular weight excluding hydrogens is 687 g/mol. The fourth-order valence-electron chi connectivity index (χ4n) is 8.47. The molecule has 0 aromatic carbocycles. The van der Waals surface area contributed by atoms with Crippen molar-refractivity contribution >= 4 is 35.2 Å². The van der Waals surface area contributed by atoms with Crippen LogP contribution < -0.4 is 15.4 Å². The van der Waals surface area contributed by atoms with Crippen LogP contribution in [0.3, 0.4) is 0 Å². The van der Waals surface area contributed by atoms with Crippen molar-refractivity contribution < 1.29 is 27.1 Å². The molecule has 0 unspecified atom stereocenters. The molecular formula is C35H43F4N9O2S. The highest BCUT2D eigenvalue weighted by Crippen LogP contribution is 2.45. The number of hydrogen-bond donors (Lipinski definition) is 1. The van der Waals surface area contributed by atoms with Gasteiger partial charge in [0.05, 0.1) is 22.5 Å². The lowest BCUT2D eigenvalue weighted by atomic mass is 9.75. The largest absolute Gasteiger partial charge is 0.461 e. The monoisotopic (exact) mass is 729 g/mol. The van der Waals surface area contributed by atoms with Gasteiger partial charge in [-0.05, 0) is 81.2 Å². The maximum atomic E-state index is 14.5. The number of hydrogen-bond acceptors (Lipinski definition) is 11. The van der Waals surface area contributed by atoms with Crippen LogP contribution in [0, 0.1) is 25.7 Å². The number of nitrogens with two attached hydrogens (primary N) is 1. The Balaban J connectivity index is 1.14. The van der Waals surface area contributed by atoms with Crippen LogP contribution in [0.5, 0.6) is 6.01 Å². The van der Waals surface area contributed by atoms with Crippen molar-refractivity contribution in [3.8, 4) is 6.01 Å². The maximum absolute atomic E-state index is 14.5. The molecule has 4 aliphatic rings. The molecule has 16 heteroatoms. The summed E-state index contributed by atoms with van der Waals surface area (Å²) in [6.07, 6.45) is 0.470. The number of nitrogens with zero attached hydrogens (tertiary/aromatic N) is 8. The van der Waals surface area contributed by atoms with Gasteiger partial charge in [-0.1, -0.05) is 6.92 Å². The Bertz CT molecular complexity index is 1830. The number of nitrogen functional groups attached to an aromatic ring is 1. The highest BCUT2D eigenvalue weighted by atomic mass is 32.1. The van der Waals surface area contributed by atoms with Crippen LogP contribution in [-0.4, -0.2) is 98.1 Å². The van der Waals surface area contributed by atoms with Crippen LogP contribution in [0.25, 0.3) is 6.08 Å². The fraction of sp³-hybridized carbons (Fsp3) is 0.600. The van der Waals surface area contributed by atoms with Gasteiger partial charge in [-0.15, -0.1) is 0 Å². The first-order chi connectivity index (χ1) is 24.2. The molecule has 0 spiro atoms. The molecule has 2 N–H and O–H groups in total. The first-order valence-electron chi connectivity index (χ1n) is 17.4. The molecule has 1 aliphatic carbocycles. The van der Waals surface area contributed by atoms with E-state index in [-0.39, 0.29) is 53.9 Å². The number of rotatable bonds is 9. The molecule has 11 nitrogen and oxygen atoms in total. The number of aromatic nitrogens is 5. The second kappa shape index (κ2) is 13.6. The summed E-state index contributed by atoms with van der Waals surface area (Å²) in [6, 6.07) is 1.39. The number of carbonyl (C=O) groups excluding carboxylic acids is 1. The number of aryl methyl sites for hydroxylation is 2. The number of likely N-dealkylation sites (tertiary alicyclic amines) is 1. The standard InChI is InChI=1S/C35H43F4N9O2S/c1-19-10-25-26(12-24(19)31-30(35(37,38)39)20(2)11-27(40)43-31)42-33(50-18-34-8-5-9-48(34)17-23(36)13-34)44-32(25)46(4)14-22-15-47(16-22)29(49)7-6-28-41-21(3)45-51-28/h6-7,11,19,22-24H,5,8-10,12-18H2,1-4H3,(H2,40,43)/b7-6+/t19-,23+,24-,34-/m0/s1. The second-order valence-corrected chi connectivity index (χ2v) is 15.5. The summed E-state index contributed by atoms with van der Waals surface area (Å²) >= 11 is 1.24. The zero-order valence-corrected chi connectivity index (χ0v) is 30.0. The fourth-order valence-corrected chi connectivity index (χ4v) is 9.04. The Morgan fingerprint density at radius 2 is 1.96 bits per heavy atom.